The molecule has 0 aliphatic carbocycles. The predicted molar refractivity (Wildman–Crippen MR) is 46.3 cm³/mol. The van der Waals surface area contributed by atoms with Crippen LogP contribution in [0.1, 0.15) is 19.8 Å². The van der Waals surface area contributed by atoms with Gasteiger partial charge in [-0.05, 0) is 25.9 Å². The van der Waals surface area contributed by atoms with Crippen LogP contribution in [0.3, 0.4) is 0 Å². The lowest BCUT2D eigenvalue weighted by Gasteiger charge is -2.31. The molecule has 1 aliphatic rings. The molecule has 0 saturated carbocycles. The van der Waals surface area contributed by atoms with Crippen molar-refractivity contribution in [1.82, 2.24) is 10.2 Å². The van der Waals surface area contributed by atoms with Gasteiger partial charge >= 0.3 is 6.09 Å². The Morgan fingerprint density at radius 1 is 1.75 bits per heavy atom. The van der Waals surface area contributed by atoms with Crippen LogP contribution in [-0.4, -0.2) is 41.8 Å². The Morgan fingerprint density at radius 3 is 3.08 bits per heavy atom. The van der Waals surface area contributed by atoms with E-state index in [9.17, 15) is 4.79 Å². The van der Waals surface area contributed by atoms with E-state index in [1.807, 2.05) is 0 Å². The number of amides is 1. The Morgan fingerprint density at radius 2 is 2.50 bits per heavy atom. The Kier molecular flexibility index (Phi) is 3.34. The number of rotatable bonds is 2. The largest absolute Gasteiger partial charge is 0.465 e. The highest BCUT2D eigenvalue weighted by Crippen LogP contribution is 2.08. The molecule has 1 amide bonds. The number of likely N-dealkylation sites (N-methyl/N-ethyl adjacent to an activating group) is 1. The molecule has 0 bridgehead atoms. The predicted octanol–water partition coefficient (Wildman–Crippen LogP) is 0.738. The van der Waals surface area contributed by atoms with Gasteiger partial charge in [0.1, 0.15) is 0 Å². The molecule has 0 unspecified atom stereocenters. The maximum absolute atomic E-state index is 10.3. The van der Waals surface area contributed by atoms with Crippen molar-refractivity contribution in [3.63, 3.8) is 0 Å². The van der Waals surface area contributed by atoms with Crippen molar-refractivity contribution in [2.75, 3.05) is 19.6 Å². The van der Waals surface area contributed by atoms with Crippen LogP contribution in [0.2, 0.25) is 0 Å². The van der Waals surface area contributed by atoms with E-state index >= 15 is 0 Å². The Hall–Kier alpha value is -0.770. The van der Waals surface area contributed by atoms with Gasteiger partial charge in [0, 0.05) is 12.6 Å². The van der Waals surface area contributed by atoms with Crippen LogP contribution in [-0.2, 0) is 0 Å². The molecule has 12 heavy (non-hydrogen) atoms. The van der Waals surface area contributed by atoms with Gasteiger partial charge in [0.15, 0.2) is 0 Å². The fraction of sp³-hybridized carbons (Fsp3) is 0.875. The molecule has 1 heterocycles. The summed E-state index contributed by atoms with van der Waals surface area (Å²) in [6.45, 7) is 5.08. The summed E-state index contributed by atoms with van der Waals surface area (Å²) >= 11 is 0. The fourth-order valence-corrected chi connectivity index (χ4v) is 1.64. The number of carboxylic acid groups (broad SMARTS) is 1. The van der Waals surface area contributed by atoms with Gasteiger partial charge in [0.05, 0.1) is 0 Å². The van der Waals surface area contributed by atoms with E-state index in [1.165, 1.54) is 0 Å². The van der Waals surface area contributed by atoms with Gasteiger partial charge in [-0.3, -0.25) is 0 Å². The smallest absolute Gasteiger partial charge is 0.404 e. The molecule has 1 fully saturated rings. The van der Waals surface area contributed by atoms with E-state index < -0.39 is 6.09 Å². The van der Waals surface area contributed by atoms with Crippen molar-refractivity contribution in [2.45, 2.75) is 25.8 Å². The van der Waals surface area contributed by atoms with E-state index in [1.54, 1.807) is 0 Å². The van der Waals surface area contributed by atoms with Crippen LogP contribution in [0.25, 0.3) is 0 Å². The topological polar surface area (TPSA) is 52.6 Å². The maximum Gasteiger partial charge on any atom is 0.404 e. The van der Waals surface area contributed by atoms with E-state index in [4.69, 9.17) is 5.11 Å². The summed E-state index contributed by atoms with van der Waals surface area (Å²) in [7, 11) is 0. The molecule has 1 rings (SSSR count). The number of carbonyl (C=O) groups is 1. The molecular weight excluding hydrogens is 156 g/mol. The van der Waals surface area contributed by atoms with Crippen molar-refractivity contribution in [2.24, 2.45) is 0 Å². The first kappa shape index (κ1) is 9.32. The zero-order chi connectivity index (χ0) is 8.97. The number of nitrogens with one attached hydrogen (secondary N) is 1. The highest BCUT2D eigenvalue weighted by molar-refractivity contribution is 5.64. The molecule has 0 aromatic heterocycles. The molecule has 70 valence electrons. The third kappa shape index (κ3) is 2.70. The van der Waals surface area contributed by atoms with Gasteiger partial charge in [-0.25, -0.2) is 4.79 Å². The zero-order valence-electron chi connectivity index (χ0n) is 7.42. The molecule has 0 radical (unpaired) electrons. The van der Waals surface area contributed by atoms with Crippen molar-refractivity contribution in [3.8, 4) is 0 Å². The van der Waals surface area contributed by atoms with Crippen LogP contribution in [0, 0.1) is 0 Å². The lowest BCUT2D eigenvalue weighted by atomic mass is 10.1. The molecule has 2 N–H and O–H groups in total. The second-order valence-electron chi connectivity index (χ2n) is 3.18. The molecule has 4 heteroatoms. The standard InChI is InChI=1S/C8H16N2O2/c1-2-10-5-3-4-7(6-10)9-8(11)12/h7,9H,2-6H2,1H3,(H,11,12)/t7-/m1/s1. The van der Waals surface area contributed by atoms with Crippen LogP contribution in [0.5, 0.6) is 0 Å². The van der Waals surface area contributed by atoms with Crippen LogP contribution >= 0.6 is 0 Å². The molecule has 0 aromatic rings. The van der Waals surface area contributed by atoms with E-state index in [0.717, 1.165) is 32.5 Å². The van der Waals surface area contributed by atoms with Crippen molar-refractivity contribution in [1.29, 1.82) is 0 Å². The van der Waals surface area contributed by atoms with E-state index in [0.29, 0.717) is 0 Å². The normalized spacial score (nSPS) is 25.2. The highest BCUT2D eigenvalue weighted by Gasteiger charge is 2.19. The number of nitrogens with zero attached hydrogens (tertiary/aromatic N) is 1. The summed E-state index contributed by atoms with van der Waals surface area (Å²) < 4.78 is 0. The van der Waals surface area contributed by atoms with Gasteiger partial charge < -0.3 is 15.3 Å². The summed E-state index contributed by atoms with van der Waals surface area (Å²) in [5.41, 5.74) is 0. The fourth-order valence-electron chi connectivity index (χ4n) is 1.64. The number of piperidine rings is 1. The molecule has 1 saturated heterocycles. The zero-order valence-corrected chi connectivity index (χ0v) is 7.42. The molecular formula is C8H16N2O2. The minimum atomic E-state index is -0.905. The summed E-state index contributed by atoms with van der Waals surface area (Å²) in [4.78, 5) is 12.6. The monoisotopic (exact) mass is 172 g/mol. The maximum atomic E-state index is 10.3. The van der Waals surface area contributed by atoms with Gasteiger partial charge in [0.2, 0.25) is 0 Å². The number of likely N-dealkylation sites (tertiary alicyclic amines) is 1. The van der Waals surface area contributed by atoms with Gasteiger partial charge in [-0.15, -0.1) is 0 Å². The van der Waals surface area contributed by atoms with Gasteiger partial charge in [0.25, 0.3) is 0 Å². The minimum Gasteiger partial charge on any atom is -0.465 e. The first-order valence-electron chi connectivity index (χ1n) is 4.44. The molecule has 0 spiro atoms. The third-order valence-corrected chi connectivity index (χ3v) is 2.28. The molecule has 4 nitrogen and oxygen atoms in total. The minimum absolute atomic E-state index is 0.135. The molecule has 0 aromatic carbocycles. The van der Waals surface area contributed by atoms with Crippen LogP contribution < -0.4 is 5.32 Å². The van der Waals surface area contributed by atoms with Gasteiger partial charge in [-0.2, -0.15) is 0 Å². The SMILES string of the molecule is CCN1CCC[C@@H](NC(=O)O)C1. The average molecular weight is 172 g/mol. The van der Waals surface area contributed by atoms with Crippen molar-refractivity contribution >= 4 is 6.09 Å². The quantitative estimate of drug-likeness (QED) is 0.646. The number of hydrogen-bond donors (Lipinski definition) is 2. The van der Waals surface area contributed by atoms with E-state index in [-0.39, 0.29) is 6.04 Å². The second-order valence-corrected chi connectivity index (χ2v) is 3.18. The lowest BCUT2D eigenvalue weighted by Crippen LogP contribution is -2.47. The Balaban J connectivity index is 2.30. The Labute approximate surface area is 72.6 Å². The first-order valence-corrected chi connectivity index (χ1v) is 4.44. The molecule has 1 aliphatic heterocycles. The third-order valence-electron chi connectivity index (χ3n) is 2.28. The second kappa shape index (κ2) is 4.30. The number of hydrogen-bond acceptors (Lipinski definition) is 2. The van der Waals surface area contributed by atoms with Crippen LogP contribution in [0.4, 0.5) is 4.79 Å². The highest BCUT2D eigenvalue weighted by atomic mass is 16.4. The van der Waals surface area contributed by atoms with Crippen LogP contribution in [0.15, 0.2) is 0 Å². The Bertz CT molecular complexity index is 161. The summed E-state index contributed by atoms with van der Waals surface area (Å²) in [5.74, 6) is 0. The van der Waals surface area contributed by atoms with Crippen molar-refractivity contribution in [3.05, 3.63) is 0 Å². The summed E-state index contributed by atoms with van der Waals surface area (Å²) in [6.07, 6.45) is 1.17. The van der Waals surface area contributed by atoms with Gasteiger partial charge in [-0.1, -0.05) is 6.92 Å². The summed E-state index contributed by atoms with van der Waals surface area (Å²) in [5, 5.41) is 11.0. The first-order chi connectivity index (χ1) is 5.72. The molecule has 1 atom stereocenters. The average Bonchev–Trinajstić information content (AvgIpc) is 2.03. The van der Waals surface area contributed by atoms with Crippen molar-refractivity contribution < 1.29 is 9.90 Å². The lowest BCUT2D eigenvalue weighted by molar-refractivity contribution is 0.166. The summed E-state index contributed by atoms with van der Waals surface area (Å²) in [6, 6.07) is 0.135. The van der Waals surface area contributed by atoms with E-state index in [2.05, 4.69) is 17.1 Å².